The number of carbonyl (C=O) groups is 1. The van der Waals surface area contributed by atoms with Gasteiger partial charge in [0.15, 0.2) is 0 Å². The van der Waals surface area contributed by atoms with Crippen LogP contribution in [0.1, 0.15) is 13.8 Å². The Morgan fingerprint density at radius 3 is 2.24 bits per heavy atom. The molecule has 0 unspecified atom stereocenters. The lowest BCUT2D eigenvalue weighted by atomic mass is 10.2. The Kier molecular flexibility index (Phi) is 7.52. The zero-order valence-corrected chi connectivity index (χ0v) is 17.1. The Morgan fingerprint density at radius 1 is 1.07 bits per heavy atom. The number of rotatable bonds is 9. The molecule has 1 amide bonds. The van der Waals surface area contributed by atoms with E-state index in [1.54, 1.807) is 13.8 Å². The van der Waals surface area contributed by atoms with E-state index < -0.39 is 27.6 Å². The average Bonchev–Trinajstić information content (AvgIpc) is 2.66. The lowest BCUT2D eigenvalue weighted by molar-refractivity contribution is -0.114. The second-order valence-corrected chi connectivity index (χ2v) is 7.95. The monoisotopic (exact) mass is 427 g/mol. The minimum Gasteiger partial charge on any atom is -0.495 e. The van der Waals surface area contributed by atoms with Gasteiger partial charge in [-0.25, -0.2) is 17.2 Å². The summed E-state index contributed by atoms with van der Waals surface area (Å²) in [6, 6.07) is 6.95. The maximum atomic E-state index is 13.2. The first-order valence-corrected chi connectivity index (χ1v) is 10.3. The van der Waals surface area contributed by atoms with Gasteiger partial charge in [0.2, 0.25) is 15.9 Å². The van der Waals surface area contributed by atoms with Gasteiger partial charge in [0, 0.05) is 24.8 Å². The molecule has 0 aromatic heterocycles. The number of nitrogens with one attached hydrogen (secondary N) is 2. The third-order valence-corrected chi connectivity index (χ3v) is 6.15. The molecular formula is C19H23F2N3O4S. The third kappa shape index (κ3) is 5.64. The Balaban J connectivity index is 2.18. The van der Waals surface area contributed by atoms with E-state index in [0.717, 1.165) is 12.1 Å². The minimum absolute atomic E-state index is 0.0286. The first kappa shape index (κ1) is 22.6. The number of amides is 1. The second kappa shape index (κ2) is 9.66. The van der Waals surface area contributed by atoms with Crippen molar-refractivity contribution in [1.82, 2.24) is 4.31 Å². The van der Waals surface area contributed by atoms with Crippen LogP contribution < -0.4 is 15.4 Å². The summed E-state index contributed by atoms with van der Waals surface area (Å²) >= 11 is 0. The molecule has 2 N–H and O–H groups in total. The summed E-state index contributed by atoms with van der Waals surface area (Å²) < 4.78 is 58.4. The van der Waals surface area contributed by atoms with Gasteiger partial charge in [0.1, 0.15) is 17.4 Å². The number of hydrogen-bond acceptors (Lipinski definition) is 5. The second-order valence-electron chi connectivity index (χ2n) is 6.01. The quantitative estimate of drug-likeness (QED) is 0.642. The van der Waals surface area contributed by atoms with Crippen LogP contribution in [0.5, 0.6) is 5.75 Å². The predicted octanol–water partition coefficient (Wildman–Crippen LogP) is 3.05. The van der Waals surface area contributed by atoms with Gasteiger partial charge in [-0.3, -0.25) is 4.79 Å². The Morgan fingerprint density at radius 2 is 1.69 bits per heavy atom. The normalized spacial score (nSPS) is 11.4. The molecule has 2 rings (SSSR count). The number of hydrogen-bond donors (Lipinski definition) is 2. The van der Waals surface area contributed by atoms with Crippen LogP contribution in [0.25, 0.3) is 0 Å². The fourth-order valence-electron chi connectivity index (χ4n) is 2.70. The topological polar surface area (TPSA) is 87.7 Å². The van der Waals surface area contributed by atoms with Gasteiger partial charge >= 0.3 is 0 Å². The lowest BCUT2D eigenvalue weighted by Crippen LogP contribution is -2.30. The molecule has 0 spiro atoms. The van der Waals surface area contributed by atoms with Gasteiger partial charge < -0.3 is 15.4 Å². The maximum Gasteiger partial charge on any atom is 0.243 e. The Bertz CT molecular complexity index is 959. The molecule has 0 saturated carbocycles. The van der Waals surface area contributed by atoms with Gasteiger partial charge in [0.25, 0.3) is 0 Å². The van der Waals surface area contributed by atoms with Gasteiger partial charge in [0.05, 0.1) is 24.2 Å². The Labute approximate surface area is 168 Å². The fraction of sp³-hybridized carbons (Fsp3) is 0.316. The van der Waals surface area contributed by atoms with Crippen molar-refractivity contribution in [2.75, 3.05) is 37.4 Å². The van der Waals surface area contributed by atoms with Crippen LogP contribution in [0.3, 0.4) is 0 Å². The molecule has 7 nitrogen and oxygen atoms in total. The molecule has 0 radical (unpaired) electrons. The van der Waals surface area contributed by atoms with Crippen molar-refractivity contribution in [3.8, 4) is 5.75 Å². The number of carbonyl (C=O) groups excluding carboxylic acids is 1. The number of anilines is 2. The van der Waals surface area contributed by atoms with E-state index in [0.29, 0.717) is 30.6 Å². The molecular weight excluding hydrogens is 404 g/mol. The summed E-state index contributed by atoms with van der Waals surface area (Å²) in [5.74, 6) is -1.87. The molecule has 2 aromatic rings. The van der Waals surface area contributed by atoms with Crippen LogP contribution in [0.15, 0.2) is 41.3 Å². The number of methoxy groups -OCH3 is 1. The number of ether oxygens (including phenoxy) is 1. The van der Waals surface area contributed by atoms with Crippen LogP contribution in [0, 0.1) is 11.6 Å². The van der Waals surface area contributed by atoms with Crippen molar-refractivity contribution in [3.63, 3.8) is 0 Å². The summed E-state index contributed by atoms with van der Waals surface area (Å²) in [6.07, 6.45) is 0. The average molecular weight is 427 g/mol. The van der Waals surface area contributed by atoms with Crippen LogP contribution >= 0.6 is 0 Å². The first-order valence-electron chi connectivity index (χ1n) is 8.89. The smallest absolute Gasteiger partial charge is 0.243 e. The van der Waals surface area contributed by atoms with E-state index in [4.69, 9.17) is 4.74 Å². The highest BCUT2D eigenvalue weighted by Gasteiger charge is 2.23. The number of sulfonamides is 1. The van der Waals surface area contributed by atoms with Crippen molar-refractivity contribution in [3.05, 3.63) is 48.0 Å². The zero-order chi connectivity index (χ0) is 21.6. The highest BCUT2D eigenvalue weighted by atomic mass is 32.2. The van der Waals surface area contributed by atoms with Crippen LogP contribution in [-0.4, -0.2) is 45.4 Å². The van der Waals surface area contributed by atoms with Crippen molar-refractivity contribution < 1.29 is 26.7 Å². The highest BCUT2D eigenvalue weighted by Crippen LogP contribution is 2.28. The molecule has 0 aliphatic rings. The van der Waals surface area contributed by atoms with Crippen molar-refractivity contribution in [1.29, 1.82) is 0 Å². The molecule has 0 saturated heterocycles. The van der Waals surface area contributed by atoms with Crippen LogP contribution in [0.2, 0.25) is 0 Å². The van der Waals surface area contributed by atoms with E-state index in [2.05, 4.69) is 10.6 Å². The zero-order valence-electron chi connectivity index (χ0n) is 16.3. The van der Waals surface area contributed by atoms with E-state index >= 15 is 0 Å². The summed E-state index contributed by atoms with van der Waals surface area (Å²) in [5.41, 5.74) is 0.264. The standard InChI is InChI=1S/C19H23F2N3O4S/c1-4-24(5-2)29(26,27)16-6-7-18(28-3)17(11-16)22-12-19(25)23-15-9-13(20)8-14(21)10-15/h6-11,22H,4-5,12H2,1-3H3,(H,23,25). The van der Waals surface area contributed by atoms with E-state index in [-0.39, 0.29) is 17.1 Å². The van der Waals surface area contributed by atoms with Crippen molar-refractivity contribution >= 4 is 27.3 Å². The largest absolute Gasteiger partial charge is 0.495 e. The Hall–Kier alpha value is -2.72. The SMILES string of the molecule is CCN(CC)S(=O)(=O)c1ccc(OC)c(NCC(=O)Nc2cc(F)cc(F)c2)c1. The summed E-state index contributed by atoms with van der Waals surface area (Å²) in [5, 5.41) is 5.16. The molecule has 0 heterocycles. The first-order chi connectivity index (χ1) is 13.7. The van der Waals surface area contributed by atoms with Gasteiger partial charge in [-0.1, -0.05) is 13.8 Å². The van der Waals surface area contributed by atoms with Gasteiger partial charge in [-0.2, -0.15) is 4.31 Å². The van der Waals surface area contributed by atoms with Gasteiger partial charge in [-0.15, -0.1) is 0 Å². The molecule has 29 heavy (non-hydrogen) atoms. The van der Waals surface area contributed by atoms with E-state index in [9.17, 15) is 22.0 Å². The predicted molar refractivity (Wildman–Crippen MR) is 107 cm³/mol. The molecule has 158 valence electrons. The highest BCUT2D eigenvalue weighted by molar-refractivity contribution is 7.89. The summed E-state index contributed by atoms with van der Waals surface area (Å²) in [4.78, 5) is 12.2. The third-order valence-electron chi connectivity index (χ3n) is 4.10. The van der Waals surface area contributed by atoms with Crippen molar-refractivity contribution in [2.45, 2.75) is 18.7 Å². The van der Waals surface area contributed by atoms with Crippen molar-refractivity contribution in [2.24, 2.45) is 0 Å². The minimum atomic E-state index is -3.69. The number of benzene rings is 2. The van der Waals surface area contributed by atoms with E-state index in [1.165, 1.54) is 29.6 Å². The molecule has 0 bridgehead atoms. The van der Waals surface area contributed by atoms with Crippen LogP contribution in [0.4, 0.5) is 20.2 Å². The number of halogens is 2. The summed E-state index contributed by atoms with van der Waals surface area (Å²) in [7, 11) is -2.28. The molecule has 0 aliphatic carbocycles. The molecule has 0 fully saturated rings. The maximum absolute atomic E-state index is 13.2. The molecule has 0 atom stereocenters. The lowest BCUT2D eigenvalue weighted by Gasteiger charge is -2.20. The number of nitrogens with zero attached hydrogens (tertiary/aromatic N) is 1. The molecule has 10 heteroatoms. The fourth-order valence-corrected chi connectivity index (χ4v) is 4.19. The molecule has 2 aromatic carbocycles. The summed E-state index contributed by atoms with van der Waals surface area (Å²) in [6.45, 7) is 3.84. The van der Waals surface area contributed by atoms with Gasteiger partial charge in [-0.05, 0) is 30.3 Å². The van der Waals surface area contributed by atoms with E-state index in [1.807, 2.05) is 0 Å². The van der Waals surface area contributed by atoms with Crippen LogP contribution in [-0.2, 0) is 14.8 Å². The molecule has 0 aliphatic heterocycles.